The van der Waals surface area contributed by atoms with Gasteiger partial charge < -0.3 is 9.84 Å². The first-order valence-corrected chi connectivity index (χ1v) is 9.42. The number of hydrogen-bond acceptors (Lipinski definition) is 5. The molecule has 0 saturated carbocycles. The molecule has 144 valence electrons. The molecule has 4 rings (SSSR count). The number of carbonyl (C=O) groups excluding carboxylic acids is 1. The van der Waals surface area contributed by atoms with Gasteiger partial charge in [0.05, 0.1) is 6.04 Å². The van der Waals surface area contributed by atoms with Crippen molar-refractivity contribution in [2.24, 2.45) is 0 Å². The molecule has 0 aliphatic carbocycles. The molecule has 0 radical (unpaired) electrons. The van der Waals surface area contributed by atoms with E-state index in [1.165, 1.54) is 0 Å². The average molecular weight is 384 g/mol. The van der Waals surface area contributed by atoms with Crippen LogP contribution in [0.15, 0.2) is 89.7 Å². The van der Waals surface area contributed by atoms with Crippen molar-refractivity contribution >= 4 is 5.91 Å². The summed E-state index contributed by atoms with van der Waals surface area (Å²) < 4.78 is 5.27. The van der Waals surface area contributed by atoms with Crippen molar-refractivity contribution in [3.8, 4) is 11.4 Å². The van der Waals surface area contributed by atoms with Crippen molar-refractivity contribution in [2.75, 3.05) is 0 Å². The summed E-state index contributed by atoms with van der Waals surface area (Å²) in [6, 6.07) is 23.3. The normalized spacial score (nSPS) is 10.8. The molecule has 1 amide bonds. The van der Waals surface area contributed by atoms with Gasteiger partial charge in [-0.1, -0.05) is 65.8 Å². The highest BCUT2D eigenvalue weighted by Gasteiger charge is 2.17. The van der Waals surface area contributed by atoms with Crippen LogP contribution in [-0.2, 0) is 11.2 Å². The number of pyridine rings is 1. The number of nitrogens with zero attached hydrogens (tertiary/aromatic N) is 3. The fourth-order valence-corrected chi connectivity index (χ4v) is 3.07. The summed E-state index contributed by atoms with van der Waals surface area (Å²) in [6.45, 7) is 0. The Hall–Kier alpha value is -3.80. The first kappa shape index (κ1) is 18.6. The number of rotatable bonds is 7. The zero-order valence-corrected chi connectivity index (χ0v) is 15.7. The van der Waals surface area contributed by atoms with E-state index in [2.05, 4.69) is 20.4 Å². The summed E-state index contributed by atoms with van der Waals surface area (Å²) >= 11 is 0. The summed E-state index contributed by atoms with van der Waals surface area (Å²) in [5.74, 6) is 0.818. The fraction of sp³-hybridized carbons (Fsp3) is 0.130. The molecule has 0 saturated heterocycles. The highest BCUT2D eigenvalue weighted by atomic mass is 16.5. The Balaban J connectivity index is 1.42. The second-order valence-electron chi connectivity index (χ2n) is 6.58. The van der Waals surface area contributed by atoms with Crippen LogP contribution in [0.1, 0.15) is 29.5 Å². The summed E-state index contributed by atoms with van der Waals surface area (Å²) in [7, 11) is 0. The predicted octanol–water partition coefficient (Wildman–Crippen LogP) is 3.97. The maximum atomic E-state index is 12.6. The van der Waals surface area contributed by atoms with Crippen LogP contribution in [0, 0.1) is 0 Å². The zero-order valence-electron chi connectivity index (χ0n) is 15.7. The molecule has 29 heavy (non-hydrogen) atoms. The minimum Gasteiger partial charge on any atom is -0.345 e. The number of nitrogens with one attached hydrogen (secondary N) is 1. The predicted molar refractivity (Wildman–Crippen MR) is 109 cm³/mol. The Morgan fingerprint density at radius 3 is 2.24 bits per heavy atom. The molecule has 0 spiro atoms. The second-order valence-corrected chi connectivity index (χ2v) is 6.58. The van der Waals surface area contributed by atoms with Gasteiger partial charge >= 0.3 is 0 Å². The number of hydrogen-bond donors (Lipinski definition) is 1. The van der Waals surface area contributed by atoms with Gasteiger partial charge in [-0.05, 0) is 23.3 Å². The van der Waals surface area contributed by atoms with E-state index in [0.717, 1.165) is 16.7 Å². The van der Waals surface area contributed by atoms with Gasteiger partial charge in [0.1, 0.15) is 0 Å². The van der Waals surface area contributed by atoms with Crippen molar-refractivity contribution in [1.29, 1.82) is 0 Å². The number of amides is 1. The Labute approximate surface area is 168 Å². The lowest BCUT2D eigenvalue weighted by Crippen LogP contribution is -2.29. The lowest BCUT2D eigenvalue weighted by Gasteiger charge is -2.19. The molecule has 2 aromatic heterocycles. The maximum absolute atomic E-state index is 12.6. The van der Waals surface area contributed by atoms with E-state index in [4.69, 9.17) is 4.52 Å². The molecule has 0 atom stereocenters. The lowest BCUT2D eigenvalue weighted by atomic mass is 9.98. The van der Waals surface area contributed by atoms with Gasteiger partial charge in [0.25, 0.3) is 0 Å². The van der Waals surface area contributed by atoms with Crippen LogP contribution in [0.2, 0.25) is 0 Å². The van der Waals surface area contributed by atoms with Crippen LogP contribution in [-0.4, -0.2) is 21.0 Å². The van der Waals surface area contributed by atoms with E-state index in [0.29, 0.717) is 18.1 Å². The topological polar surface area (TPSA) is 80.9 Å². The van der Waals surface area contributed by atoms with E-state index in [-0.39, 0.29) is 18.4 Å². The molecule has 2 heterocycles. The molecule has 0 bridgehead atoms. The molecule has 6 nitrogen and oxygen atoms in total. The first-order chi connectivity index (χ1) is 14.3. The van der Waals surface area contributed by atoms with Crippen molar-refractivity contribution < 1.29 is 9.32 Å². The molecule has 0 unspecified atom stereocenters. The van der Waals surface area contributed by atoms with E-state index in [1.54, 1.807) is 12.4 Å². The van der Waals surface area contributed by atoms with Gasteiger partial charge in [-0.15, -0.1) is 0 Å². The molecule has 0 aliphatic rings. The van der Waals surface area contributed by atoms with E-state index in [1.807, 2.05) is 72.8 Å². The molecule has 0 aliphatic heterocycles. The molecule has 2 aromatic carbocycles. The SMILES string of the molecule is O=C(CCc1nc(-c2cccnc2)no1)NC(c1ccccc1)c1ccccc1. The maximum Gasteiger partial charge on any atom is 0.227 e. The van der Waals surface area contributed by atoms with Gasteiger partial charge in [0, 0.05) is 30.8 Å². The third kappa shape index (κ3) is 4.73. The fourth-order valence-electron chi connectivity index (χ4n) is 3.07. The van der Waals surface area contributed by atoms with E-state index >= 15 is 0 Å². The summed E-state index contributed by atoms with van der Waals surface area (Å²) in [5, 5.41) is 7.08. The summed E-state index contributed by atoms with van der Waals surface area (Å²) in [6.07, 6.45) is 3.98. The smallest absolute Gasteiger partial charge is 0.227 e. The Kier molecular flexibility index (Phi) is 5.71. The van der Waals surface area contributed by atoms with Crippen LogP contribution in [0.25, 0.3) is 11.4 Å². The standard InChI is InChI=1S/C23H20N4O2/c28-20(13-14-21-26-23(27-29-21)19-12-7-15-24-16-19)25-22(17-8-3-1-4-9-17)18-10-5-2-6-11-18/h1-12,15-16,22H,13-14H2,(H,25,28). The first-order valence-electron chi connectivity index (χ1n) is 9.42. The number of benzene rings is 2. The number of aromatic nitrogens is 3. The van der Waals surface area contributed by atoms with Gasteiger partial charge in [0.2, 0.25) is 17.6 Å². The Bertz CT molecular complexity index is 1010. The van der Waals surface area contributed by atoms with Crippen LogP contribution in [0.4, 0.5) is 0 Å². The van der Waals surface area contributed by atoms with Gasteiger partial charge in [-0.2, -0.15) is 4.98 Å². The van der Waals surface area contributed by atoms with Crippen LogP contribution in [0.5, 0.6) is 0 Å². The lowest BCUT2D eigenvalue weighted by molar-refractivity contribution is -0.121. The van der Waals surface area contributed by atoms with Crippen molar-refractivity contribution in [3.05, 3.63) is 102 Å². The highest BCUT2D eigenvalue weighted by molar-refractivity contribution is 5.77. The quantitative estimate of drug-likeness (QED) is 0.521. The minimum atomic E-state index is -0.210. The van der Waals surface area contributed by atoms with Gasteiger partial charge in [0.15, 0.2) is 0 Å². The largest absolute Gasteiger partial charge is 0.345 e. The van der Waals surface area contributed by atoms with Crippen LogP contribution < -0.4 is 5.32 Å². The van der Waals surface area contributed by atoms with Gasteiger partial charge in [-0.25, -0.2) is 0 Å². The van der Waals surface area contributed by atoms with Crippen molar-refractivity contribution in [1.82, 2.24) is 20.4 Å². The Morgan fingerprint density at radius 2 is 1.62 bits per heavy atom. The molecule has 4 aromatic rings. The van der Waals surface area contributed by atoms with Gasteiger partial charge in [-0.3, -0.25) is 9.78 Å². The average Bonchev–Trinajstić information content (AvgIpc) is 3.27. The third-order valence-corrected chi connectivity index (χ3v) is 4.52. The number of carbonyl (C=O) groups is 1. The van der Waals surface area contributed by atoms with Crippen molar-refractivity contribution in [2.45, 2.75) is 18.9 Å². The van der Waals surface area contributed by atoms with E-state index < -0.39 is 0 Å². The van der Waals surface area contributed by atoms with Crippen LogP contribution >= 0.6 is 0 Å². The molecule has 6 heteroatoms. The number of aryl methyl sites for hydroxylation is 1. The Morgan fingerprint density at radius 1 is 0.931 bits per heavy atom. The minimum absolute atomic E-state index is 0.0798. The summed E-state index contributed by atoms with van der Waals surface area (Å²) in [4.78, 5) is 21.0. The summed E-state index contributed by atoms with van der Waals surface area (Å²) in [5.41, 5.74) is 2.84. The molecular formula is C23H20N4O2. The monoisotopic (exact) mass is 384 g/mol. The molecular weight excluding hydrogens is 364 g/mol. The molecule has 0 fully saturated rings. The zero-order chi connectivity index (χ0) is 19.9. The van der Waals surface area contributed by atoms with Crippen molar-refractivity contribution in [3.63, 3.8) is 0 Å². The second kappa shape index (κ2) is 8.93. The highest BCUT2D eigenvalue weighted by Crippen LogP contribution is 2.22. The van der Waals surface area contributed by atoms with E-state index in [9.17, 15) is 4.79 Å². The molecule has 1 N–H and O–H groups in total. The third-order valence-electron chi connectivity index (χ3n) is 4.52. The van der Waals surface area contributed by atoms with Crippen LogP contribution in [0.3, 0.4) is 0 Å².